The maximum Gasteiger partial charge on any atom is 0.205 e. The minimum absolute atomic E-state index is 0.422. The van der Waals surface area contributed by atoms with Crippen LogP contribution in [-0.2, 0) is 13.5 Å². The van der Waals surface area contributed by atoms with Crippen molar-refractivity contribution in [1.82, 2.24) is 14.5 Å². The van der Waals surface area contributed by atoms with Crippen molar-refractivity contribution in [3.05, 3.63) is 11.9 Å². The Morgan fingerprint density at radius 2 is 2.00 bits per heavy atom. The summed E-state index contributed by atoms with van der Waals surface area (Å²) in [6, 6.07) is 1.11. The van der Waals surface area contributed by atoms with E-state index in [9.17, 15) is 0 Å². The molecule has 2 N–H and O–H groups in total. The van der Waals surface area contributed by atoms with Gasteiger partial charge in [0, 0.05) is 38.4 Å². The van der Waals surface area contributed by atoms with Crippen LogP contribution < -0.4 is 10.6 Å². The van der Waals surface area contributed by atoms with Gasteiger partial charge in [-0.3, -0.25) is 4.90 Å². The molecule has 1 unspecified atom stereocenters. The Morgan fingerprint density at radius 3 is 2.65 bits per heavy atom. The van der Waals surface area contributed by atoms with Gasteiger partial charge in [-0.2, -0.15) is 0 Å². The maximum absolute atomic E-state index is 6.00. The Balaban J connectivity index is 1.62. The first-order valence-electron chi connectivity index (χ1n) is 7.94. The van der Waals surface area contributed by atoms with Crippen LogP contribution in [0.1, 0.15) is 31.9 Å². The standard InChI is InChI=1S/C15H27N5/c1-3-13-10-18(2)15(17-13)20-9-6-14(11-20)19-7-4-12(16)5-8-19/h10,12,14H,3-9,11,16H2,1-2H3. The molecule has 112 valence electrons. The lowest BCUT2D eigenvalue weighted by Gasteiger charge is -2.34. The fourth-order valence-corrected chi connectivity index (χ4v) is 3.49. The van der Waals surface area contributed by atoms with Crippen molar-refractivity contribution in [2.45, 2.75) is 44.7 Å². The summed E-state index contributed by atoms with van der Waals surface area (Å²) in [6.07, 6.45) is 6.72. The normalized spacial score (nSPS) is 25.6. The lowest BCUT2D eigenvalue weighted by Crippen LogP contribution is -2.46. The van der Waals surface area contributed by atoms with Crippen molar-refractivity contribution in [2.75, 3.05) is 31.1 Å². The molecule has 0 saturated carbocycles. The quantitative estimate of drug-likeness (QED) is 0.895. The Bertz CT molecular complexity index is 447. The van der Waals surface area contributed by atoms with Gasteiger partial charge in [-0.05, 0) is 38.8 Å². The number of nitrogens with two attached hydrogens (primary N) is 1. The first kappa shape index (κ1) is 13.9. The molecular formula is C15H27N5. The van der Waals surface area contributed by atoms with Crippen molar-refractivity contribution in [3.63, 3.8) is 0 Å². The lowest BCUT2D eigenvalue weighted by atomic mass is 10.0. The van der Waals surface area contributed by atoms with Crippen molar-refractivity contribution in [1.29, 1.82) is 0 Å². The van der Waals surface area contributed by atoms with Crippen LogP contribution in [0.25, 0.3) is 0 Å². The molecule has 3 heterocycles. The number of aryl methyl sites for hydroxylation is 2. The number of anilines is 1. The predicted octanol–water partition coefficient (Wildman–Crippen LogP) is 0.984. The third-order valence-corrected chi connectivity index (χ3v) is 4.80. The van der Waals surface area contributed by atoms with Crippen LogP contribution in [0.4, 0.5) is 5.95 Å². The summed E-state index contributed by atoms with van der Waals surface area (Å²) < 4.78 is 2.17. The highest BCUT2D eigenvalue weighted by Crippen LogP contribution is 2.24. The largest absolute Gasteiger partial charge is 0.341 e. The second-order valence-electron chi connectivity index (χ2n) is 6.26. The Hall–Kier alpha value is -1.07. The summed E-state index contributed by atoms with van der Waals surface area (Å²) in [6.45, 7) is 6.74. The molecule has 1 aromatic heterocycles. The first-order valence-corrected chi connectivity index (χ1v) is 7.94. The number of rotatable bonds is 3. The highest BCUT2D eigenvalue weighted by Gasteiger charge is 2.31. The number of piperidine rings is 1. The fourth-order valence-electron chi connectivity index (χ4n) is 3.49. The zero-order valence-corrected chi connectivity index (χ0v) is 12.8. The Morgan fingerprint density at radius 1 is 1.25 bits per heavy atom. The van der Waals surface area contributed by atoms with Crippen LogP contribution in [0.15, 0.2) is 6.20 Å². The molecule has 2 fully saturated rings. The topological polar surface area (TPSA) is 50.3 Å². The van der Waals surface area contributed by atoms with Gasteiger partial charge in [0.25, 0.3) is 0 Å². The van der Waals surface area contributed by atoms with Gasteiger partial charge in [-0.15, -0.1) is 0 Å². The van der Waals surface area contributed by atoms with E-state index in [1.807, 2.05) is 0 Å². The van der Waals surface area contributed by atoms with E-state index in [-0.39, 0.29) is 0 Å². The third-order valence-electron chi connectivity index (χ3n) is 4.80. The van der Waals surface area contributed by atoms with Gasteiger partial charge in [0.15, 0.2) is 0 Å². The van der Waals surface area contributed by atoms with E-state index in [0.29, 0.717) is 12.1 Å². The first-order chi connectivity index (χ1) is 9.67. The van der Waals surface area contributed by atoms with E-state index in [4.69, 9.17) is 10.7 Å². The van der Waals surface area contributed by atoms with Gasteiger partial charge in [-0.25, -0.2) is 4.98 Å². The molecule has 2 saturated heterocycles. The Labute approximate surface area is 121 Å². The van der Waals surface area contributed by atoms with Gasteiger partial charge < -0.3 is 15.2 Å². The molecule has 20 heavy (non-hydrogen) atoms. The van der Waals surface area contributed by atoms with Gasteiger partial charge in [-0.1, -0.05) is 6.92 Å². The predicted molar refractivity (Wildman–Crippen MR) is 82.0 cm³/mol. The van der Waals surface area contributed by atoms with E-state index < -0.39 is 0 Å². The minimum atomic E-state index is 0.422. The number of hydrogen-bond donors (Lipinski definition) is 1. The summed E-state index contributed by atoms with van der Waals surface area (Å²) in [5.41, 5.74) is 7.19. The van der Waals surface area contributed by atoms with Gasteiger partial charge in [0.1, 0.15) is 0 Å². The van der Waals surface area contributed by atoms with E-state index in [2.05, 4.69) is 34.5 Å². The second-order valence-corrected chi connectivity index (χ2v) is 6.26. The monoisotopic (exact) mass is 277 g/mol. The summed E-state index contributed by atoms with van der Waals surface area (Å²) in [4.78, 5) is 9.83. The highest BCUT2D eigenvalue weighted by molar-refractivity contribution is 5.35. The molecule has 0 spiro atoms. The van der Waals surface area contributed by atoms with Crippen LogP contribution >= 0.6 is 0 Å². The number of hydrogen-bond acceptors (Lipinski definition) is 4. The lowest BCUT2D eigenvalue weighted by molar-refractivity contribution is 0.163. The molecule has 0 bridgehead atoms. The van der Waals surface area contributed by atoms with E-state index in [0.717, 1.165) is 38.3 Å². The summed E-state index contributed by atoms with van der Waals surface area (Å²) in [5, 5.41) is 0. The molecule has 1 atom stereocenters. The average molecular weight is 277 g/mol. The summed E-state index contributed by atoms with van der Waals surface area (Å²) in [5.74, 6) is 1.14. The van der Waals surface area contributed by atoms with Crippen LogP contribution in [0.5, 0.6) is 0 Å². The molecular weight excluding hydrogens is 250 g/mol. The fraction of sp³-hybridized carbons (Fsp3) is 0.800. The van der Waals surface area contributed by atoms with Crippen LogP contribution in [0.3, 0.4) is 0 Å². The zero-order valence-electron chi connectivity index (χ0n) is 12.8. The highest BCUT2D eigenvalue weighted by atomic mass is 15.3. The molecule has 1 aromatic rings. The second kappa shape index (κ2) is 5.74. The SMILES string of the molecule is CCc1cn(C)c(N2CCC(N3CCC(N)CC3)C2)n1. The molecule has 0 aromatic carbocycles. The van der Waals surface area contributed by atoms with E-state index >= 15 is 0 Å². The van der Waals surface area contributed by atoms with Gasteiger partial charge in [0.2, 0.25) is 5.95 Å². The zero-order chi connectivity index (χ0) is 14.1. The smallest absolute Gasteiger partial charge is 0.205 e. The number of nitrogens with zero attached hydrogens (tertiary/aromatic N) is 4. The summed E-state index contributed by atoms with van der Waals surface area (Å²) in [7, 11) is 2.11. The van der Waals surface area contributed by atoms with Crippen molar-refractivity contribution < 1.29 is 0 Å². The average Bonchev–Trinajstić information content (AvgIpc) is 3.06. The molecule has 2 aliphatic heterocycles. The van der Waals surface area contributed by atoms with Crippen LogP contribution in [0, 0.1) is 0 Å². The number of imidazole rings is 1. The van der Waals surface area contributed by atoms with Crippen molar-refractivity contribution >= 4 is 5.95 Å². The van der Waals surface area contributed by atoms with E-state index in [1.54, 1.807) is 0 Å². The molecule has 0 radical (unpaired) electrons. The summed E-state index contributed by atoms with van der Waals surface area (Å²) >= 11 is 0. The number of likely N-dealkylation sites (tertiary alicyclic amines) is 1. The van der Waals surface area contributed by atoms with Crippen molar-refractivity contribution in [3.8, 4) is 0 Å². The van der Waals surface area contributed by atoms with Crippen LogP contribution in [0.2, 0.25) is 0 Å². The van der Waals surface area contributed by atoms with Crippen LogP contribution in [-0.4, -0.2) is 52.7 Å². The molecule has 5 heteroatoms. The molecule has 0 aliphatic carbocycles. The van der Waals surface area contributed by atoms with Gasteiger partial charge >= 0.3 is 0 Å². The minimum Gasteiger partial charge on any atom is -0.341 e. The molecule has 0 amide bonds. The third kappa shape index (κ3) is 2.69. The van der Waals surface area contributed by atoms with Crippen molar-refractivity contribution in [2.24, 2.45) is 12.8 Å². The maximum atomic E-state index is 6.00. The Kier molecular flexibility index (Phi) is 3.98. The molecule has 5 nitrogen and oxygen atoms in total. The number of aromatic nitrogens is 2. The van der Waals surface area contributed by atoms with E-state index in [1.165, 1.54) is 25.2 Å². The van der Waals surface area contributed by atoms with Gasteiger partial charge in [0.05, 0.1) is 5.69 Å². The molecule has 2 aliphatic rings. The molecule has 3 rings (SSSR count).